The number of benzene rings is 2. The van der Waals surface area contributed by atoms with Gasteiger partial charge in [0.1, 0.15) is 6.04 Å². The van der Waals surface area contributed by atoms with E-state index in [1.54, 1.807) is 60.5 Å². The zero-order valence-corrected chi connectivity index (χ0v) is 18.2. The summed E-state index contributed by atoms with van der Waals surface area (Å²) in [4.78, 5) is 39.4. The molecule has 1 atom stereocenters. The van der Waals surface area contributed by atoms with Crippen molar-refractivity contribution in [3.63, 3.8) is 0 Å². The van der Waals surface area contributed by atoms with Gasteiger partial charge < -0.3 is 20.3 Å². The first-order valence-electron chi connectivity index (χ1n) is 10.2. The number of methoxy groups -OCH3 is 1. The molecule has 2 aromatic rings. The van der Waals surface area contributed by atoms with Crippen molar-refractivity contribution in [3.8, 4) is 0 Å². The van der Waals surface area contributed by atoms with Gasteiger partial charge in [-0.3, -0.25) is 14.4 Å². The third-order valence-corrected chi connectivity index (χ3v) is 5.35. The third-order valence-electron chi connectivity index (χ3n) is 5.12. The average Bonchev–Trinajstić information content (AvgIpc) is 3.27. The normalized spacial score (nSPS) is 15.5. The number of hydrogen-bond donors (Lipinski definition) is 2. The molecule has 3 amide bonds. The number of carbonyl (C=O) groups is 3. The molecular formula is C23H26ClN3O4. The van der Waals surface area contributed by atoms with Crippen LogP contribution in [-0.2, 0) is 9.53 Å². The minimum atomic E-state index is -0.461. The molecule has 164 valence electrons. The summed E-state index contributed by atoms with van der Waals surface area (Å²) in [6.45, 7) is 1.64. The third kappa shape index (κ3) is 6.06. The maximum Gasteiger partial charge on any atom is 0.255 e. The molecule has 8 heteroatoms. The Balaban J connectivity index is 1.60. The first-order valence-corrected chi connectivity index (χ1v) is 10.6. The van der Waals surface area contributed by atoms with Crippen molar-refractivity contribution in [3.05, 3.63) is 64.7 Å². The van der Waals surface area contributed by atoms with Gasteiger partial charge in [-0.1, -0.05) is 17.7 Å². The Labute approximate surface area is 186 Å². The van der Waals surface area contributed by atoms with Gasteiger partial charge in [0, 0.05) is 48.6 Å². The van der Waals surface area contributed by atoms with Gasteiger partial charge in [-0.15, -0.1) is 0 Å². The first kappa shape index (κ1) is 22.8. The van der Waals surface area contributed by atoms with Crippen LogP contribution in [0.2, 0.25) is 5.02 Å². The molecule has 3 rings (SSSR count). The number of anilines is 1. The van der Waals surface area contributed by atoms with Crippen molar-refractivity contribution in [2.24, 2.45) is 0 Å². The quantitative estimate of drug-likeness (QED) is 0.612. The molecule has 0 aliphatic carbocycles. The van der Waals surface area contributed by atoms with E-state index in [-0.39, 0.29) is 17.7 Å². The molecule has 1 aliphatic rings. The number of amides is 3. The minimum Gasteiger partial charge on any atom is -0.385 e. The second-order valence-corrected chi connectivity index (χ2v) is 7.77. The van der Waals surface area contributed by atoms with Crippen molar-refractivity contribution in [1.82, 2.24) is 10.2 Å². The maximum absolute atomic E-state index is 13.0. The highest BCUT2D eigenvalue weighted by molar-refractivity contribution is 6.31. The fraction of sp³-hybridized carbons (Fsp3) is 0.348. The summed E-state index contributed by atoms with van der Waals surface area (Å²) >= 11 is 5.93. The van der Waals surface area contributed by atoms with E-state index in [0.29, 0.717) is 48.0 Å². The van der Waals surface area contributed by atoms with Gasteiger partial charge >= 0.3 is 0 Å². The molecule has 1 aliphatic heterocycles. The molecule has 1 unspecified atom stereocenters. The van der Waals surface area contributed by atoms with Crippen molar-refractivity contribution in [2.45, 2.75) is 25.3 Å². The van der Waals surface area contributed by atoms with E-state index in [9.17, 15) is 14.4 Å². The molecular weight excluding hydrogens is 418 g/mol. The van der Waals surface area contributed by atoms with Crippen molar-refractivity contribution in [2.75, 3.05) is 32.1 Å². The zero-order valence-electron chi connectivity index (χ0n) is 17.4. The van der Waals surface area contributed by atoms with Crippen LogP contribution in [0.15, 0.2) is 48.5 Å². The highest BCUT2D eigenvalue weighted by Gasteiger charge is 2.34. The summed E-state index contributed by atoms with van der Waals surface area (Å²) in [5, 5.41) is 6.14. The lowest BCUT2D eigenvalue weighted by Crippen LogP contribution is -2.46. The first-order chi connectivity index (χ1) is 15.0. The van der Waals surface area contributed by atoms with Crippen molar-refractivity contribution >= 4 is 35.0 Å². The molecule has 0 aromatic heterocycles. The average molecular weight is 444 g/mol. The molecule has 0 bridgehead atoms. The molecule has 0 radical (unpaired) electrons. The summed E-state index contributed by atoms with van der Waals surface area (Å²) < 4.78 is 4.98. The largest absolute Gasteiger partial charge is 0.385 e. The highest BCUT2D eigenvalue weighted by atomic mass is 35.5. The minimum absolute atomic E-state index is 0.132. The lowest BCUT2D eigenvalue weighted by Gasteiger charge is -2.24. The number of carbonyl (C=O) groups excluding carboxylic acids is 3. The molecule has 2 aromatic carbocycles. The number of nitrogens with zero attached hydrogens (tertiary/aromatic N) is 1. The lowest BCUT2D eigenvalue weighted by atomic mass is 10.1. The predicted octanol–water partition coefficient (Wildman–Crippen LogP) is 3.35. The Morgan fingerprint density at radius 1 is 1.13 bits per heavy atom. The molecule has 31 heavy (non-hydrogen) atoms. The number of likely N-dealkylation sites (tertiary alicyclic amines) is 1. The SMILES string of the molecule is COCCCNC(=O)C1CCCN1C(=O)c1ccc(NC(=O)c2cccc(Cl)c2)cc1. The summed E-state index contributed by atoms with van der Waals surface area (Å²) in [7, 11) is 1.62. The van der Waals surface area contributed by atoms with Crippen LogP contribution in [0, 0.1) is 0 Å². The van der Waals surface area contributed by atoms with Crippen LogP contribution in [0.1, 0.15) is 40.0 Å². The Bertz CT molecular complexity index is 933. The monoisotopic (exact) mass is 443 g/mol. The lowest BCUT2D eigenvalue weighted by molar-refractivity contribution is -0.124. The number of nitrogens with one attached hydrogen (secondary N) is 2. The molecule has 0 saturated carbocycles. The van der Waals surface area contributed by atoms with Gasteiger partial charge in [-0.2, -0.15) is 0 Å². The fourth-order valence-electron chi connectivity index (χ4n) is 3.52. The van der Waals surface area contributed by atoms with Crippen LogP contribution in [0.3, 0.4) is 0 Å². The van der Waals surface area contributed by atoms with E-state index in [0.717, 1.165) is 12.8 Å². The Hall–Kier alpha value is -2.90. The molecule has 1 fully saturated rings. The van der Waals surface area contributed by atoms with E-state index in [1.807, 2.05) is 0 Å². The summed E-state index contributed by atoms with van der Waals surface area (Å²) in [5.41, 5.74) is 1.49. The van der Waals surface area contributed by atoms with Gasteiger partial charge in [0.05, 0.1) is 0 Å². The molecule has 2 N–H and O–H groups in total. The number of rotatable bonds is 8. The number of ether oxygens (including phenoxy) is 1. The van der Waals surface area contributed by atoms with Gasteiger partial charge in [0.15, 0.2) is 0 Å². The Morgan fingerprint density at radius 3 is 2.61 bits per heavy atom. The number of hydrogen-bond acceptors (Lipinski definition) is 4. The second kappa shape index (κ2) is 10.9. The van der Waals surface area contributed by atoms with E-state index < -0.39 is 6.04 Å². The molecule has 0 spiro atoms. The number of halogens is 1. The Kier molecular flexibility index (Phi) is 8.03. The smallest absolute Gasteiger partial charge is 0.255 e. The molecule has 1 heterocycles. The predicted molar refractivity (Wildman–Crippen MR) is 119 cm³/mol. The van der Waals surface area contributed by atoms with Gasteiger partial charge in [-0.25, -0.2) is 0 Å². The van der Waals surface area contributed by atoms with Crippen molar-refractivity contribution < 1.29 is 19.1 Å². The fourth-order valence-corrected chi connectivity index (χ4v) is 3.71. The molecule has 7 nitrogen and oxygen atoms in total. The van der Waals surface area contributed by atoms with E-state index in [4.69, 9.17) is 16.3 Å². The summed E-state index contributed by atoms with van der Waals surface area (Å²) in [6.07, 6.45) is 2.16. The van der Waals surface area contributed by atoms with E-state index >= 15 is 0 Å². The van der Waals surface area contributed by atoms with Crippen LogP contribution in [0.4, 0.5) is 5.69 Å². The Morgan fingerprint density at radius 2 is 1.90 bits per heavy atom. The van der Waals surface area contributed by atoms with Crippen molar-refractivity contribution in [1.29, 1.82) is 0 Å². The van der Waals surface area contributed by atoms with Crippen LogP contribution in [-0.4, -0.2) is 55.5 Å². The maximum atomic E-state index is 13.0. The summed E-state index contributed by atoms with van der Waals surface area (Å²) in [5.74, 6) is -0.610. The van der Waals surface area contributed by atoms with E-state index in [1.165, 1.54) is 0 Å². The zero-order chi connectivity index (χ0) is 22.2. The molecule has 1 saturated heterocycles. The summed E-state index contributed by atoms with van der Waals surface area (Å²) in [6, 6.07) is 12.9. The van der Waals surface area contributed by atoms with Gasteiger partial charge in [-0.05, 0) is 61.7 Å². The topological polar surface area (TPSA) is 87.7 Å². The van der Waals surface area contributed by atoms with Crippen LogP contribution in [0.25, 0.3) is 0 Å². The second-order valence-electron chi connectivity index (χ2n) is 7.34. The van der Waals surface area contributed by atoms with Crippen LogP contribution >= 0.6 is 11.6 Å². The highest BCUT2D eigenvalue weighted by Crippen LogP contribution is 2.22. The van der Waals surface area contributed by atoms with Crippen LogP contribution < -0.4 is 10.6 Å². The van der Waals surface area contributed by atoms with Gasteiger partial charge in [0.25, 0.3) is 11.8 Å². The van der Waals surface area contributed by atoms with Gasteiger partial charge in [0.2, 0.25) is 5.91 Å². The standard InChI is InChI=1S/C23H26ClN3O4/c1-31-14-4-12-25-22(29)20-7-3-13-27(20)23(30)16-8-10-19(11-9-16)26-21(28)17-5-2-6-18(24)15-17/h2,5-6,8-11,15,20H,3-4,7,12-14H2,1H3,(H,25,29)(H,26,28). The van der Waals surface area contributed by atoms with E-state index in [2.05, 4.69) is 10.6 Å². The van der Waals surface area contributed by atoms with Crippen LogP contribution in [0.5, 0.6) is 0 Å².